The van der Waals surface area contributed by atoms with Crippen molar-refractivity contribution in [3.8, 4) is 0 Å². The van der Waals surface area contributed by atoms with Crippen LogP contribution in [-0.2, 0) is 33.1 Å². The van der Waals surface area contributed by atoms with Crippen molar-refractivity contribution in [2.75, 3.05) is 26.2 Å². The Bertz CT molecular complexity index is 1100. The first kappa shape index (κ1) is 20.6. The molecule has 0 radical (unpaired) electrons. The lowest BCUT2D eigenvalue weighted by atomic mass is 9.92. The zero-order valence-corrected chi connectivity index (χ0v) is 18.3. The lowest BCUT2D eigenvalue weighted by Gasteiger charge is -2.36. The van der Waals surface area contributed by atoms with Gasteiger partial charge < -0.3 is 4.90 Å². The largest absolute Gasteiger partial charge is 0.339 e. The summed E-state index contributed by atoms with van der Waals surface area (Å²) < 4.78 is 41.2. The third kappa shape index (κ3) is 3.68. The molecule has 3 aliphatic rings. The summed E-state index contributed by atoms with van der Waals surface area (Å²) in [5.74, 6) is -0.280. The summed E-state index contributed by atoms with van der Waals surface area (Å²) in [4.78, 5) is 15.4. The van der Waals surface area contributed by atoms with Crippen molar-refractivity contribution in [1.29, 1.82) is 0 Å². The Labute approximate surface area is 182 Å². The second-order valence-electron chi connectivity index (χ2n) is 8.92. The van der Waals surface area contributed by atoms with Crippen LogP contribution < -0.4 is 0 Å². The molecule has 1 amide bonds. The minimum absolute atomic E-state index is 0.0323. The molecule has 5 nitrogen and oxygen atoms in total. The van der Waals surface area contributed by atoms with Gasteiger partial charge in [0.15, 0.2) is 0 Å². The van der Waals surface area contributed by atoms with E-state index >= 15 is 0 Å². The van der Waals surface area contributed by atoms with Gasteiger partial charge in [0.1, 0.15) is 5.82 Å². The lowest BCUT2D eigenvalue weighted by Crippen LogP contribution is -2.52. The Kier molecular flexibility index (Phi) is 5.13. The van der Waals surface area contributed by atoms with Gasteiger partial charge in [-0.1, -0.05) is 18.2 Å². The first-order valence-electron chi connectivity index (χ1n) is 11.1. The highest BCUT2D eigenvalue weighted by molar-refractivity contribution is 7.89. The molecule has 0 N–H and O–H groups in total. The van der Waals surface area contributed by atoms with Crippen LogP contribution in [0.4, 0.5) is 4.39 Å². The molecule has 31 heavy (non-hydrogen) atoms. The maximum absolute atomic E-state index is 13.3. The number of nitrogens with zero attached hydrogens (tertiary/aromatic N) is 2. The minimum atomic E-state index is -3.57. The van der Waals surface area contributed by atoms with Gasteiger partial charge in [0, 0.05) is 26.2 Å². The summed E-state index contributed by atoms with van der Waals surface area (Å²) in [6.45, 7) is 1.35. The van der Waals surface area contributed by atoms with E-state index in [0.717, 1.165) is 49.7 Å². The normalized spacial score (nSPS) is 20.9. The standard InChI is InChI=1S/C24H27FN2O3S/c25-21-8-6-20(7-9-21)24(11-12-24)23(28)26-13-15-27(16-14-26)31(29,30)22-10-5-18-3-1-2-4-19(18)17-22/h5-10,17H,1-4,11-16H2. The Hall–Kier alpha value is -2.25. The second kappa shape index (κ2) is 7.71. The Morgan fingerprint density at radius 3 is 2.16 bits per heavy atom. The van der Waals surface area contributed by atoms with Crippen molar-refractivity contribution in [1.82, 2.24) is 9.21 Å². The average molecular weight is 443 g/mol. The van der Waals surface area contributed by atoms with E-state index in [1.54, 1.807) is 23.1 Å². The third-order valence-electron chi connectivity index (χ3n) is 7.04. The molecular formula is C24H27FN2O3S. The van der Waals surface area contributed by atoms with Crippen LogP contribution in [0.15, 0.2) is 47.4 Å². The summed E-state index contributed by atoms with van der Waals surface area (Å²) in [6, 6.07) is 11.7. The minimum Gasteiger partial charge on any atom is -0.339 e. The zero-order valence-electron chi connectivity index (χ0n) is 17.5. The van der Waals surface area contributed by atoms with Crippen LogP contribution in [0.25, 0.3) is 0 Å². The highest BCUT2D eigenvalue weighted by atomic mass is 32.2. The molecule has 2 fully saturated rings. The third-order valence-corrected chi connectivity index (χ3v) is 8.93. The maximum atomic E-state index is 13.3. The Morgan fingerprint density at radius 1 is 0.871 bits per heavy atom. The Balaban J connectivity index is 1.28. The predicted molar refractivity (Wildman–Crippen MR) is 116 cm³/mol. The van der Waals surface area contributed by atoms with Crippen molar-refractivity contribution in [2.24, 2.45) is 0 Å². The number of sulfonamides is 1. The first-order valence-corrected chi connectivity index (χ1v) is 12.5. The Morgan fingerprint density at radius 2 is 1.52 bits per heavy atom. The van der Waals surface area contributed by atoms with Gasteiger partial charge >= 0.3 is 0 Å². The number of carbonyl (C=O) groups excluding carboxylic acids is 1. The summed E-state index contributed by atoms with van der Waals surface area (Å²) in [7, 11) is -3.57. The van der Waals surface area contributed by atoms with Crippen molar-refractivity contribution in [2.45, 2.75) is 48.8 Å². The average Bonchev–Trinajstić information content (AvgIpc) is 3.61. The monoisotopic (exact) mass is 442 g/mol. The van der Waals surface area contributed by atoms with E-state index in [0.29, 0.717) is 31.1 Å². The van der Waals surface area contributed by atoms with E-state index in [-0.39, 0.29) is 11.7 Å². The van der Waals surface area contributed by atoms with Gasteiger partial charge in [0.25, 0.3) is 0 Å². The number of piperazine rings is 1. The molecule has 2 aliphatic carbocycles. The van der Waals surface area contributed by atoms with E-state index in [9.17, 15) is 17.6 Å². The second-order valence-corrected chi connectivity index (χ2v) is 10.9. The van der Waals surface area contributed by atoms with Crippen LogP contribution in [0.3, 0.4) is 0 Å². The molecule has 0 bridgehead atoms. The number of hydrogen-bond donors (Lipinski definition) is 0. The van der Waals surface area contributed by atoms with Crippen LogP contribution in [0.1, 0.15) is 42.4 Å². The van der Waals surface area contributed by atoms with Crippen molar-refractivity contribution in [3.05, 3.63) is 65.0 Å². The molecule has 1 heterocycles. The number of halogens is 1. The molecule has 2 aromatic carbocycles. The number of benzene rings is 2. The number of aryl methyl sites for hydroxylation is 2. The number of carbonyl (C=O) groups is 1. The van der Waals surface area contributed by atoms with Gasteiger partial charge in [-0.2, -0.15) is 4.31 Å². The fourth-order valence-electron chi connectivity index (χ4n) is 4.97. The van der Waals surface area contributed by atoms with Crippen LogP contribution in [0, 0.1) is 5.82 Å². The number of amides is 1. The predicted octanol–water partition coefficient (Wildman–Crippen LogP) is 3.27. The van der Waals surface area contributed by atoms with E-state index in [1.807, 2.05) is 12.1 Å². The topological polar surface area (TPSA) is 57.7 Å². The first-order chi connectivity index (χ1) is 14.9. The van der Waals surface area contributed by atoms with Crippen LogP contribution >= 0.6 is 0 Å². The fraction of sp³-hybridized carbons (Fsp3) is 0.458. The van der Waals surface area contributed by atoms with E-state index in [1.165, 1.54) is 22.0 Å². The van der Waals surface area contributed by atoms with E-state index < -0.39 is 15.4 Å². The SMILES string of the molecule is O=C(N1CCN(S(=O)(=O)c2ccc3c(c2)CCCC3)CC1)C1(c2ccc(F)cc2)CC1. The number of hydrogen-bond acceptors (Lipinski definition) is 3. The molecule has 0 aromatic heterocycles. The molecule has 164 valence electrons. The number of fused-ring (bicyclic) bond motifs is 1. The summed E-state index contributed by atoms with van der Waals surface area (Å²) >= 11 is 0. The molecule has 2 aromatic rings. The number of rotatable bonds is 4. The smallest absolute Gasteiger partial charge is 0.243 e. The summed E-state index contributed by atoms with van der Waals surface area (Å²) in [5.41, 5.74) is 2.70. The van der Waals surface area contributed by atoms with Crippen LogP contribution in [0.5, 0.6) is 0 Å². The van der Waals surface area contributed by atoms with Crippen LogP contribution in [0.2, 0.25) is 0 Å². The molecule has 1 aliphatic heterocycles. The van der Waals surface area contributed by atoms with Gasteiger partial charge in [-0.05, 0) is 79.5 Å². The van der Waals surface area contributed by atoms with Gasteiger partial charge in [0.2, 0.25) is 15.9 Å². The van der Waals surface area contributed by atoms with E-state index in [4.69, 9.17) is 0 Å². The molecule has 1 saturated heterocycles. The highest BCUT2D eigenvalue weighted by Crippen LogP contribution is 2.49. The summed E-state index contributed by atoms with van der Waals surface area (Å²) in [6.07, 6.45) is 5.73. The quantitative estimate of drug-likeness (QED) is 0.730. The zero-order chi connectivity index (χ0) is 21.6. The molecule has 0 spiro atoms. The molecule has 0 unspecified atom stereocenters. The maximum Gasteiger partial charge on any atom is 0.243 e. The lowest BCUT2D eigenvalue weighted by molar-refractivity contribution is -0.135. The van der Waals surface area contributed by atoms with Crippen molar-refractivity contribution in [3.63, 3.8) is 0 Å². The van der Waals surface area contributed by atoms with Crippen molar-refractivity contribution < 1.29 is 17.6 Å². The molecular weight excluding hydrogens is 415 g/mol. The van der Waals surface area contributed by atoms with Gasteiger partial charge in [-0.15, -0.1) is 0 Å². The molecule has 5 rings (SSSR count). The van der Waals surface area contributed by atoms with Gasteiger partial charge in [-0.25, -0.2) is 12.8 Å². The van der Waals surface area contributed by atoms with Crippen molar-refractivity contribution >= 4 is 15.9 Å². The van der Waals surface area contributed by atoms with Crippen LogP contribution in [-0.4, -0.2) is 49.7 Å². The fourth-order valence-corrected chi connectivity index (χ4v) is 6.45. The van der Waals surface area contributed by atoms with Gasteiger partial charge in [0.05, 0.1) is 10.3 Å². The van der Waals surface area contributed by atoms with Gasteiger partial charge in [-0.3, -0.25) is 4.79 Å². The molecule has 7 heteroatoms. The highest BCUT2D eigenvalue weighted by Gasteiger charge is 2.53. The summed E-state index contributed by atoms with van der Waals surface area (Å²) in [5, 5.41) is 0. The molecule has 0 atom stereocenters. The molecule has 1 saturated carbocycles. The van der Waals surface area contributed by atoms with E-state index in [2.05, 4.69) is 0 Å².